The third kappa shape index (κ3) is 4.79. The van der Waals surface area contributed by atoms with Gasteiger partial charge in [-0.05, 0) is 61.4 Å². The van der Waals surface area contributed by atoms with Crippen molar-refractivity contribution in [1.29, 1.82) is 0 Å². The quantitative estimate of drug-likeness (QED) is 0.427. The molecule has 0 fully saturated rings. The van der Waals surface area contributed by atoms with E-state index in [-0.39, 0.29) is 11.9 Å². The maximum absolute atomic E-state index is 13.1. The van der Waals surface area contributed by atoms with Crippen LogP contribution in [0.25, 0.3) is 10.2 Å². The van der Waals surface area contributed by atoms with Gasteiger partial charge in [0.05, 0.1) is 16.6 Å². The second kappa shape index (κ2) is 9.13. The van der Waals surface area contributed by atoms with Crippen LogP contribution in [0.5, 0.6) is 0 Å². The second-order valence-corrected chi connectivity index (χ2v) is 8.79. The summed E-state index contributed by atoms with van der Waals surface area (Å²) >= 11 is 7.16. The molecule has 0 atom stereocenters. The summed E-state index contributed by atoms with van der Waals surface area (Å²) in [5.41, 5.74) is 1.87. The van der Waals surface area contributed by atoms with Crippen molar-refractivity contribution in [3.63, 3.8) is 0 Å². The number of benzene rings is 2. The lowest BCUT2D eigenvalue weighted by Crippen LogP contribution is -2.28. The van der Waals surface area contributed by atoms with Crippen molar-refractivity contribution in [2.75, 3.05) is 10.6 Å². The van der Waals surface area contributed by atoms with Crippen LogP contribution in [-0.4, -0.2) is 21.4 Å². The Hall–Kier alpha value is -3.56. The summed E-state index contributed by atoms with van der Waals surface area (Å²) < 4.78 is 14.3. The highest BCUT2D eigenvalue weighted by Gasteiger charge is 2.20. The Kier molecular flexibility index (Phi) is 6.26. The molecule has 2 amide bonds. The summed E-state index contributed by atoms with van der Waals surface area (Å²) in [5.74, 6) is -1.26. The normalized spacial score (nSPS) is 10.9. The lowest BCUT2D eigenvalue weighted by molar-refractivity contribution is -0.116. The van der Waals surface area contributed by atoms with Crippen LogP contribution in [0.3, 0.4) is 0 Å². The Labute approximate surface area is 196 Å². The van der Waals surface area contributed by atoms with E-state index < -0.39 is 23.2 Å². The van der Waals surface area contributed by atoms with Gasteiger partial charge in [-0.25, -0.2) is 9.37 Å². The Balaban J connectivity index is 1.56. The van der Waals surface area contributed by atoms with Crippen molar-refractivity contribution in [1.82, 2.24) is 9.55 Å². The first-order valence-corrected chi connectivity index (χ1v) is 11.0. The molecule has 4 aromatic rings. The molecule has 0 aliphatic carbocycles. The number of thiophene rings is 1. The van der Waals surface area contributed by atoms with E-state index in [1.165, 1.54) is 35.2 Å². The Morgan fingerprint density at radius 1 is 1.09 bits per heavy atom. The highest BCUT2D eigenvalue weighted by molar-refractivity contribution is 7.20. The Morgan fingerprint density at radius 2 is 1.79 bits per heavy atom. The van der Waals surface area contributed by atoms with Crippen LogP contribution in [-0.2, 0) is 11.3 Å². The van der Waals surface area contributed by atoms with Crippen LogP contribution in [0, 0.1) is 19.7 Å². The summed E-state index contributed by atoms with van der Waals surface area (Å²) in [6.07, 6.45) is 1.28. The first kappa shape index (κ1) is 22.6. The van der Waals surface area contributed by atoms with Gasteiger partial charge in [0.15, 0.2) is 0 Å². The molecule has 0 saturated heterocycles. The molecule has 7 nitrogen and oxygen atoms in total. The van der Waals surface area contributed by atoms with E-state index in [1.807, 2.05) is 6.92 Å². The van der Waals surface area contributed by atoms with Crippen LogP contribution in [0.15, 0.2) is 53.6 Å². The largest absolute Gasteiger partial charge is 0.324 e. The molecular weight excluding hydrogens is 467 g/mol. The lowest BCUT2D eigenvalue weighted by Gasteiger charge is -2.08. The molecule has 10 heteroatoms. The van der Waals surface area contributed by atoms with Gasteiger partial charge < -0.3 is 10.6 Å². The smallest absolute Gasteiger partial charge is 0.266 e. The van der Waals surface area contributed by atoms with Crippen LogP contribution >= 0.6 is 22.9 Å². The fraction of sp³-hybridized carbons (Fsp3) is 0.130. The highest BCUT2D eigenvalue weighted by atomic mass is 35.5. The van der Waals surface area contributed by atoms with Gasteiger partial charge in [0, 0.05) is 16.4 Å². The predicted molar refractivity (Wildman–Crippen MR) is 128 cm³/mol. The first-order chi connectivity index (χ1) is 15.7. The van der Waals surface area contributed by atoms with E-state index >= 15 is 0 Å². The zero-order valence-corrected chi connectivity index (χ0v) is 19.2. The van der Waals surface area contributed by atoms with Crippen molar-refractivity contribution >= 4 is 56.3 Å². The van der Waals surface area contributed by atoms with E-state index in [0.29, 0.717) is 31.7 Å². The van der Waals surface area contributed by atoms with Crippen LogP contribution in [0.1, 0.15) is 20.8 Å². The van der Waals surface area contributed by atoms with Crippen LogP contribution < -0.4 is 16.2 Å². The summed E-state index contributed by atoms with van der Waals surface area (Å²) in [6.45, 7) is 3.26. The van der Waals surface area contributed by atoms with E-state index in [4.69, 9.17) is 11.6 Å². The Bertz CT molecular complexity index is 1450. The minimum atomic E-state index is -0.429. The van der Waals surface area contributed by atoms with Crippen molar-refractivity contribution in [2.24, 2.45) is 0 Å². The molecule has 0 radical (unpaired) electrons. The third-order valence-electron chi connectivity index (χ3n) is 5.00. The molecule has 2 N–H and O–H groups in total. The number of nitrogens with one attached hydrogen (secondary N) is 2. The number of hydrogen-bond donors (Lipinski definition) is 2. The lowest BCUT2D eigenvalue weighted by atomic mass is 10.2. The topological polar surface area (TPSA) is 93.1 Å². The molecule has 0 bridgehead atoms. The monoisotopic (exact) mass is 484 g/mol. The van der Waals surface area contributed by atoms with Gasteiger partial charge in [-0.15, -0.1) is 11.3 Å². The molecule has 0 unspecified atom stereocenters. The maximum atomic E-state index is 13.1. The van der Waals surface area contributed by atoms with Gasteiger partial charge in [0.25, 0.3) is 11.5 Å². The number of amides is 2. The molecule has 2 heterocycles. The van der Waals surface area contributed by atoms with Gasteiger partial charge in [0.1, 0.15) is 17.2 Å². The maximum Gasteiger partial charge on any atom is 0.266 e. The molecule has 0 aliphatic rings. The van der Waals surface area contributed by atoms with E-state index in [9.17, 15) is 18.8 Å². The average Bonchev–Trinajstić information content (AvgIpc) is 3.11. The number of hydrogen-bond acceptors (Lipinski definition) is 5. The van der Waals surface area contributed by atoms with E-state index in [2.05, 4.69) is 15.6 Å². The minimum Gasteiger partial charge on any atom is -0.324 e. The zero-order valence-electron chi connectivity index (χ0n) is 17.6. The number of rotatable bonds is 5. The molecule has 0 saturated carbocycles. The van der Waals surface area contributed by atoms with Crippen molar-refractivity contribution in [3.05, 3.63) is 86.0 Å². The fourth-order valence-electron chi connectivity index (χ4n) is 3.24. The van der Waals surface area contributed by atoms with Gasteiger partial charge in [-0.2, -0.15) is 0 Å². The van der Waals surface area contributed by atoms with Crippen molar-refractivity contribution in [3.8, 4) is 0 Å². The zero-order chi connectivity index (χ0) is 23.7. The van der Waals surface area contributed by atoms with Gasteiger partial charge >= 0.3 is 0 Å². The number of anilines is 2. The predicted octanol–water partition coefficient (Wildman–Crippen LogP) is 4.76. The van der Waals surface area contributed by atoms with Crippen molar-refractivity contribution in [2.45, 2.75) is 20.4 Å². The molecule has 0 spiro atoms. The van der Waals surface area contributed by atoms with E-state index in [1.54, 1.807) is 25.1 Å². The van der Waals surface area contributed by atoms with Crippen molar-refractivity contribution < 1.29 is 14.0 Å². The Morgan fingerprint density at radius 3 is 2.48 bits per heavy atom. The molecule has 4 rings (SSSR count). The number of aromatic nitrogens is 2. The number of halogens is 2. The summed E-state index contributed by atoms with van der Waals surface area (Å²) in [7, 11) is 0. The molecule has 168 valence electrons. The number of carbonyl (C=O) groups excluding carboxylic acids is 2. The van der Waals surface area contributed by atoms with Crippen LogP contribution in [0.2, 0.25) is 5.02 Å². The molecular formula is C23H18ClFN4O3S. The molecule has 33 heavy (non-hydrogen) atoms. The number of aryl methyl sites for hydroxylation is 2. The van der Waals surface area contributed by atoms with Gasteiger partial charge in [0.2, 0.25) is 5.91 Å². The average molecular weight is 485 g/mol. The van der Waals surface area contributed by atoms with Crippen LogP contribution in [0.4, 0.5) is 15.8 Å². The van der Waals surface area contributed by atoms with E-state index in [0.717, 1.165) is 16.9 Å². The van der Waals surface area contributed by atoms with Gasteiger partial charge in [-0.1, -0.05) is 17.7 Å². The second-order valence-electron chi connectivity index (χ2n) is 7.39. The van der Waals surface area contributed by atoms with Gasteiger partial charge in [-0.3, -0.25) is 19.0 Å². The summed E-state index contributed by atoms with van der Waals surface area (Å²) in [4.78, 5) is 43.2. The summed E-state index contributed by atoms with van der Waals surface area (Å²) in [5, 5.41) is 6.18. The first-order valence-electron chi connectivity index (χ1n) is 9.84. The minimum absolute atomic E-state index is 0.250. The number of fused-ring (bicyclic) bond motifs is 1. The highest BCUT2D eigenvalue weighted by Crippen LogP contribution is 2.27. The molecule has 2 aromatic carbocycles. The standard InChI is InChI=1S/C23H18ClFN4O3S/c1-12-3-6-16(9-17(12)24)27-18(30)10-29-11-26-22-19(23(29)32)13(2)20(33-22)21(31)28-15-7-4-14(25)5-8-15/h3-9,11H,10H2,1-2H3,(H,27,30)(H,28,31). The summed E-state index contributed by atoms with van der Waals surface area (Å²) in [6, 6.07) is 10.5. The SMILES string of the molecule is Cc1ccc(NC(=O)Cn2cnc3sc(C(=O)Nc4ccc(F)cc4)c(C)c3c2=O)cc1Cl. The molecule has 2 aromatic heterocycles. The number of nitrogens with zero attached hydrogens (tertiary/aromatic N) is 2. The fourth-order valence-corrected chi connectivity index (χ4v) is 4.45. The number of carbonyl (C=O) groups is 2. The third-order valence-corrected chi connectivity index (χ3v) is 6.60. The molecule has 0 aliphatic heterocycles.